The molecule has 0 atom stereocenters. The molecule has 1 aliphatic heterocycles. The Balaban J connectivity index is 1.67. The molecule has 0 aliphatic carbocycles. The number of carbonyl (C=O) groups excluding carboxylic acids is 2. The first kappa shape index (κ1) is 23.7. The first-order valence-corrected chi connectivity index (χ1v) is 12.7. The van der Waals surface area contributed by atoms with Crippen molar-refractivity contribution in [1.82, 2.24) is 4.90 Å². The number of hydrogen-bond acceptors (Lipinski definition) is 4. The molecule has 7 heteroatoms. The Labute approximate surface area is 220 Å². The summed E-state index contributed by atoms with van der Waals surface area (Å²) in [5, 5.41) is 1.56. The summed E-state index contributed by atoms with van der Waals surface area (Å²) in [6.07, 6.45) is 0. The zero-order chi connectivity index (χ0) is 24.5. The summed E-state index contributed by atoms with van der Waals surface area (Å²) < 4.78 is 7.17. The zero-order valence-electron chi connectivity index (χ0n) is 19.0. The highest BCUT2D eigenvalue weighted by Crippen LogP contribution is 2.38. The number of anilines is 1. The van der Waals surface area contributed by atoms with Crippen LogP contribution < -0.4 is 4.90 Å². The fourth-order valence-corrected chi connectivity index (χ4v) is 5.36. The second-order valence-electron chi connectivity index (χ2n) is 8.36. The monoisotopic (exact) mass is 592 g/mol. The maximum absolute atomic E-state index is 13.2. The van der Waals surface area contributed by atoms with Gasteiger partial charge in [-0.2, -0.15) is 0 Å². The molecule has 2 amide bonds. The Morgan fingerprint density at radius 2 is 1.31 bits per heavy atom. The van der Waals surface area contributed by atoms with E-state index in [1.165, 1.54) is 7.11 Å². The van der Waals surface area contributed by atoms with Gasteiger partial charge in [0.1, 0.15) is 6.73 Å². The van der Waals surface area contributed by atoms with Crippen molar-refractivity contribution in [2.75, 3.05) is 18.7 Å². The maximum Gasteiger partial charge on any atom is 0.263 e. The number of carbonyl (C=O) groups is 2. The number of halogens is 2. The third kappa shape index (κ3) is 4.40. The fraction of sp³-hybridized carbons (Fsp3) is 0.143. The summed E-state index contributed by atoms with van der Waals surface area (Å²) in [7, 11) is 1.47. The number of rotatable bonds is 7. The maximum atomic E-state index is 13.2. The molecule has 0 spiro atoms. The van der Waals surface area contributed by atoms with Gasteiger partial charge in [0, 0.05) is 56.7 Å². The van der Waals surface area contributed by atoms with Crippen LogP contribution in [-0.2, 0) is 17.8 Å². The van der Waals surface area contributed by atoms with Gasteiger partial charge in [0.15, 0.2) is 0 Å². The van der Waals surface area contributed by atoms with E-state index < -0.39 is 0 Å². The Morgan fingerprint density at radius 3 is 1.89 bits per heavy atom. The molecule has 4 aromatic rings. The average Bonchev–Trinajstić information content (AvgIpc) is 2.87. The van der Waals surface area contributed by atoms with E-state index in [-0.39, 0.29) is 18.5 Å². The van der Waals surface area contributed by atoms with Crippen molar-refractivity contribution in [3.63, 3.8) is 0 Å². The molecule has 1 aliphatic rings. The number of amides is 2. The van der Waals surface area contributed by atoms with Gasteiger partial charge in [0.2, 0.25) is 0 Å². The summed E-state index contributed by atoms with van der Waals surface area (Å²) in [6.45, 7) is 1.20. The van der Waals surface area contributed by atoms with Gasteiger partial charge in [-0.3, -0.25) is 14.5 Å². The van der Waals surface area contributed by atoms with Crippen LogP contribution in [0.15, 0.2) is 87.8 Å². The number of imide groups is 1. The van der Waals surface area contributed by atoms with Gasteiger partial charge < -0.3 is 9.64 Å². The highest BCUT2D eigenvalue weighted by atomic mass is 79.9. The lowest BCUT2D eigenvalue weighted by Crippen LogP contribution is -2.41. The van der Waals surface area contributed by atoms with Crippen molar-refractivity contribution >= 4 is 60.1 Å². The van der Waals surface area contributed by atoms with Crippen molar-refractivity contribution in [2.24, 2.45) is 0 Å². The Kier molecular flexibility index (Phi) is 6.73. The highest BCUT2D eigenvalue weighted by molar-refractivity contribution is 9.10. The molecule has 0 aromatic heterocycles. The van der Waals surface area contributed by atoms with Crippen molar-refractivity contribution in [3.05, 3.63) is 110 Å². The summed E-state index contributed by atoms with van der Waals surface area (Å²) in [4.78, 5) is 29.7. The molecular weight excluding hydrogens is 572 g/mol. The quantitative estimate of drug-likeness (QED) is 0.222. The number of nitrogens with zero attached hydrogens (tertiary/aromatic N) is 2. The Morgan fingerprint density at radius 1 is 0.743 bits per heavy atom. The van der Waals surface area contributed by atoms with Gasteiger partial charge in [0.25, 0.3) is 11.8 Å². The van der Waals surface area contributed by atoms with Gasteiger partial charge >= 0.3 is 0 Å². The molecule has 0 saturated carbocycles. The largest absolute Gasteiger partial charge is 0.364 e. The van der Waals surface area contributed by atoms with E-state index in [2.05, 4.69) is 48.9 Å². The van der Waals surface area contributed by atoms with E-state index in [0.717, 1.165) is 36.0 Å². The second kappa shape index (κ2) is 9.93. The van der Waals surface area contributed by atoms with Crippen LogP contribution in [-0.4, -0.2) is 30.6 Å². The summed E-state index contributed by atoms with van der Waals surface area (Å²) in [5.41, 5.74) is 4.25. The summed E-state index contributed by atoms with van der Waals surface area (Å²) in [6, 6.07) is 25.7. The molecule has 35 heavy (non-hydrogen) atoms. The normalized spacial score (nSPS) is 12.9. The lowest BCUT2D eigenvalue weighted by atomic mass is 9.92. The number of ether oxygens (including phenoxy) is 1. The van der Waals surface area contributed by atoms with Gasteiger partial charge in [-0.15, -0.1) is 0 Å². The minimum absolute atomic E-state index is 0.0779. The predicted octanol–water partition coefficient (Wildman–Crippen LogP) is 6.77. The number of hydrogen-bond donors (Lipinski definition) is 0. The van der Waals surface area contributed by atoms with E-state index in [4.69, 9.17) is 4.74 Å². The van der Waals surface area contributed by atoms with Crippen LogP contribution in [0.1, 0.15) is 31.8 Å². The fourth-order valence-electron chi connectivity index (χ4n) is 4.54. The highest BCUT2D eigenvalue weighted by Gasteiger charge is 2.33. The molecule has 176 valence electrons. The van der Waals surface area contributed by atoms with Gasteiger partial charge in [-0.25, -0.2) is 0 Å². The average molecular weight is 594 g/mol. The standard InChI is InChI=1S/C28H22Br2N2O3/c1-35-17-32-27(33)21-10-6-9-20-25(14-13-22(26(20)21)28(32)34)31(15-18-7-2-4-11-23(18)29)16-19-8-3-5-12-24(19)30/h2-14H,15-17H2,1H3. The van der Waals surface area contributed by atoms with Crippen molar-refractivity contribution < 1.29 is 14.3 Å². The van der Waals surface area contributed by atoms with E-state index in [0.29, 0.717) is 29.6 Å². The van der Waals surface area contributed by atoms with Crippen LogP contribution in [0.3, 0.4) is 0 Å². The minimum Gasteiger partial charge on any atom is -0.364 e. The lowest BCUT2D eigenvalue weighted by molar-refractivity contribution is 0.0346. The molecule has 0 N–H and O–H groups in total. The van der Waals surface area contributed by atoms with Crippen LogP contribution in [0.2, 0.25) is 0 Å². The smallest absolute Gasteiger partial charge is 0.263 e. The second-order valence-corrected chi connectivity index (χ2v) is 10.1. The minimum atomic E-state index is -0.338. The lowest BCUT2D eigenvalue weighted by Gasteiger charge is -2.31. The van der Waals surface area contributed by atoms with Gasteiger partial charge in [-0.1, -0.05) is 80.4 Å². The predicted molar refractivity (Wildman–Crippen MR) is 144 cm³/mol. The SMILES string of the molecule is COCN1C(=O)c2cccc3c(N(Cc4ccccc4Br)Cc4ccccc4Br)ccc(c23)C1=O. The van der Waals surface area contributed by atoms with Gasteiger partial charge in [-0.05, 0) is 41.5 Å². The van der Waals surface area contributed by atoms with Crippen molar-refractivity contribution in [1.29, 1.82) is 0 Å². The van der Waals surface area contributed by atoms with Crippen molar-refractivity contribution in [3.8, 4) is 0 Å². The molecule has 0 fully saturated rings. The molecule has 4 aromatic carbocycles. The van der Waals surface area contributed by atoms with Crippen LogP contribution >= 0.6 is 31.9 Å². The molecule has 5 rings (SSSR count). The van der Waals surface area contributed by atoms with Crippen LogP contribution in [0.4, 0.5) is 5.69 Å². The van der Waals surface area contributed by atoms with E-state index in [1.807, 2.05) is 60.7 Å². The molecular formula is C28H22Br2N2O3. The van der Waals surface area contributed by atoms with Gasteiger partial charge in [0.05, 0.1) is 0 Å². The van der Waals surface area contributed by atoms with Crippen LogP contribution in [0.25, 0.3) is 10.8 Å². The van der Waals surface area contributed by atoms with E-state index in [9.17, 15) is 9.59 Å². The first-order chi connectivity index (χ1) is 17.0. The molecule has 1 heterocycles. The molecule has 5 nitrogen and oxygen atoms in total. The van der Waals surface area contributed by atoms with Crippen LogP contribution in [0, 0.1) is 0 Å². The van der Waals surface area contributed by atoms with E-state index in [1.54, 1.807) is 6.07 Å². The summed E-state index contributed by atoms with van der Waals surface area (Å²) >= 11 is 7.37. The van der Waals surface area contributed by atoms with Crippen molar-refractivity contribution in [2.45, 2.75) is 13.1 Å². The molecule has 0 radical (unpaired) electrons. The molecule has 0 bridgehead atoms. The molecule has 0 saturated heterocycles. The molecule has 0 unspecified atom stereocenters. The Hall–Kier alpha value is -3.00. The third-order valence-corrected chi connectivity index (χ3v) is 7.75. The van der Waals surface area contributed by atoms with Crippen LogP contribution in [0.5, 0.6) is 0 Å². The first-order valence-electron chi connectivity index (χ1n) is 11.1. The number of methoxy groups -OCH3 is 1. The zero-order valence-corrected chi connectivity index (χ0v) is 22.2. The third-order valence-electron chi connectivity index (χ3n) is 6.21. The number of benzene rings is 4. The summed E-state index contributed by atoms with van der Waals surface area (Å²) in [5.74, 6) is -0.675. The van der Waals surface area contributed by atoms with E-state index >= 15 is 0 Å². The topological polar surface area (TPSA) is 49.9 Å². The Bertz CT molecular complexity index is 1380.